The maximum atomic E-state index is 3.46. The Morgan fingerprint density at radius 2 is 1.61 bits per heavy atom. The molecule has 2 nitrogen and oxygen atoms in total. The lowest BCUT2D eigenvalue weighted by atomic mass is 9.93. The predicted octanol–water partition coefficient (Wildman–Crippen LogP) is 4.68. The highest BCUT2D eigenvalue weighted by atomic mass is 35.5. The third kappa shape index (κ3) is 5.09. The molecule has 0 unspecified atom stereocenters. The van der Waals surface area contributed by atoms with E-state index in [-0.39, 0.29) is 24.8 Å². The van der Waals surface area contributed by atoms with Crippen LogP contribution in [0.3, 0.4) is 0 Å². The first-order chi connectivity index (χ1) is 10.2. The van der Waals surface area contributed by atoms with E-state index in [9.17, 15) is 0 Å². The Kier molecular flexibility index (Phi) is 8.35. The first-order valence-corrected chi connectivity index (χ1v) is 8.17. The summed E-state index contributed by atoms with van der Waals surface area (Å²) in [5.41, 5.74) is 1.48. The molecule has 3 rings (SSSR count). The van der Waals surface area contributed by atoms with Crippen LogP contribution in [-0.4, -0.2) is 31.1 Å². The quantitative estimate of drug-likeness (QED) is 0.857. The van der Waals surface area contributed by atoms with Crippen molar-refractivity contribution in [2.75, 3.05) is 26.2 Å². The SMILES string of the molecule is CC(C)C[C@@H](c1ccc2ccccc2c1)N1CCNCC1.Cl.Cl. The number of halogens is 2. The van der Waals surface area contributed by atoms with Crippen molar-refractivity contribution in [3.05, 3.63) is 48.0 Å². The van der Waals surface area contributed by atoms with Crippen LogP contribution in [0.5, 0.6) is 0 Å². The molecule has 1 aliphatic rings. The van der Waals surface area contributed by atoms with Gasteiger partial charge in [0.05, 0.1) is 0 Å². The van der Waals surface area contributed by atoms with Crippen LogP contribution in [0.15, 0.2) is 42.5 Å². The Morgan fingerprint density at radius 1 is 0.957 bits per heavy atom. The summed E-state index contributed by atoms with van der Waals surface area (Å²) in [6.45, 7) is 9.20. The Balaban J connectivity index is 0.00000132. The fourth-order valence-corrected chi connectivity index (χ4v) is 3.35. The lowest BCUT2D eigenvalue weighted by Crippen LogP contribution is -2.45. The van der Waals surface area contributed by atoms with Crippen LogP contribution in [0.1, 0.15) is 31.9 Å². The topological polar surface area (TPSA) is 15.3 Å². The smallest absolute Gasteiger partial charge is 0.0351 e. The van der Waals surface area contributed by atoms with E-state index in [4.69, 9.17) is 0 Å². The molecule has 2 aromatic rings. The summed E-state index contributed by atoms with van der Waals surface area (Å²) in [7, 11) is 0. The summed E-state index contributed by atoms with van der Waals surface area (Å²) in [5.74, 6) is 0.719. The minimum atomic E-state index is 0. The molecule has 1 fully saturated rings. The van der Waals surface area contributed by atoms with Crippen LogP contribution >= 0.6 is 24.8 Å². The second-order valence-electron chi connectivity index (χ2n) is 6.54. The van der Waals surface area contributed by atoms with Gasteiger partial charge in [-0.3, -0.25) is 4.90 Å². The summed E-state index contributed by atoms with van der Waals surface area (Å²) < 4.78 is 0. The molecule has 0 bridgehead atoms. The van der Waals surface area contributed by atoms with Gasteiger partial charge in [-0.15, -0.1) is 24.8 Å². The molecule has 1 aliphatic heterocycles. The minimum absolute atomic E-state index is 0. The Bertz CT molecular complexity index is 595. The van der Waals surface area contributed by atoms with Gasteiger partial charge in [-0.1, -0.05) is 50.2 Å². The van der Waals surface area contributed by atoms with Gasteiger partial charge in [0.2, 0.25) is 0 Å². The molecule has 0 spiro atoms. The van der Waals surface area contributed by atoms with Crippen molar-refractivity contribution in [1.29, 1.82) is 0 Å². The van der Waals surface area contributed by atoms with E-state index >= 15 is 0 Å². The van der Waals surface area contributed by atoms with Gasteiger partial charge >= 0.3 is 0 Å². The zero-order valence-electron chi connectivity index (χ0n) is 14.0. The largest absolute Gasteiger partial charge is 0.314 e. The highest BCUT2D eigenvalue weighted by Crippen LogP contribution is 2.30. The fourth-order valence-electron chi connectivity index (χ4n) is 3.35. The van der Waals surface area contributed by atoms with Gasteiger partial charge in [0.15, 0.2) is 0 Å². The zero-order valence-corrected chi connectivity index (χ0v) is 15.6. The number of benzene rings is 2. The van der Waals surface area contributed by atoms with E-state index in [0.717, 1.165) is 32.1 Å². The predicted molar refractivity (Wildman–Crippen MR) is 105 cm³/mol. The number of rotatable bonds is 4. The molecule has 128 valence electrons. The highest BCUT2D eigenvalue weighted by Gasteiger charge is 2.23. The van der Waals surface area contributed by atoms with Gasteiger partial charge in [0.1, 0.15) is 0 Å². The van der Waals surface area contributed by atoms with Crippen LogP contribution in [0.25, 0.3) is 10.8 Å². The molecule has 0 saturated carbocycles. The lowest BCUT2D eigenvalue weighted by molar-refractivity contribution is 0.154. The van der Waals surface area contributed by atoms with Crippen molar-refractivity contribution in [3.8, 4) is 0 Å². The number of nitrogens with one attached hydrogen (secondary N) is 1. The Hall–Kier alpha value is -0.800. The highest BCUT2D eigenvalue weighted by molar-refractivity contribution is 5.85. The molecule has 2 aromatic carbocycles. The average Bonchev–Trinajstić information content (AvgIpc) is 2.53. The van der Waals surface area contributed by atoms with Crippen molar-refractivity contribution in [2.24, 2.45) is 5.92 Å². The van der Waals surface area contributed by atoms with Gasteiger partial charge in [0.25, 0.3) is 0 Å². The summed E-state index contributed by atoms with van der Waals surface area (Å²) >= 11 is 0. The van der Waals surface area contributed by atoms with E-state index in [1.54, 1.807) is 0 Å². The third-order valence-corrected chi connectivity index (χ3v) is 4.45. The fraction of sp³-hybridized carbons (Fsp3) is 0.474. The second kappa shape index (κ2) is 9.48. The first kappa shape index (κ1) is 20.2. The van der Waals surface area contributed by atoms with Gasteiger partial charge in [-0.25, -0.2) is 0 Å². The van der Waals surface area contributed by atoms with Gasteiger partial charge in [-0.05, 0) is 34.7 Å². The van der Waals surface area contributed by atoms with E-state index in [1.165, 1.54) is 22.8 Å². The maximum absolute atomic E-state index is 3.46. The molecular weight excluding hydrogens is 327 g/mol. The molecule has 1 N–H and O–H groups in total. The molecule has 1 heterocycles. The summed E-state index contributed by atoms with van der Waals surface area (Å²) in [6.07, 6.45) is 1.23. The molecule has 23 heavy (non-hydrogen) atoms. The molecule has 4 heteroatoms. The van der Waals surface area contributed by atoms with E-state index in [1.807, 2.05) is 0 Å². The van der Waals surface area contributed by atoms with Crippen LogP contribution in [0.4, 0.5) is 0 Å². The third-order valence-electron chi connectivity index (χ3n) is 4.45. The van der Waals surface area contributed by atoms with Crippen molar-refractivity contribution < 1.29 is 0 Å². The normalized spacial score (nSPS) is 16.7. The summed E-state index contributed by atoms with van der Waals surface area (Å²) in [5, 5.41) is 6.16. The second-order valence-corrected chi connectivity index (χ2v) is 6.54. The number of piperazine rings is 1. The summed E-state index contributed by atoms with van der Waals surface area (Å²) in [6, 6.07) is 16.2. The van der Waals surface area contributed by atoms with Gasteiger partial charge in [0, 0.05) is 32.2 Å². The average molecular weight is 355 g/mol. The first-order valence-electron chi connectivity index (χ1n) is 8.17. The number of hydrogen-bond acceptors (Lipinski definition) is 2. The van der Waals surface area contributed by atoms with Crippen LogP contribution < -0.4 is 5.32 Å². The Morgan fingerprint density at radius 3 is 2.26 bits per heavy atom. The van der Waals surface area contributed by atoms with Gasteiger partial charge in [-0.2, -0.15) is 0 Å². The van der Waals surface area contributed by atoms with E-state index in [2.05, 4.69) is 66.5 Å². The number of hydrogen-bond donors (Lipinski definition) is 1. The maximum Gasteiger partial charge on any atom is 0.0351 e. The van der Waals surface area contributed by atoms with Crippen LogP contribution in [0.2, 0.25) is 0 Å². The number of nitrogens with zero attached hydrogens (tertiary/aromatic N) is 1. The van der Waals surface area contributed by atoms with E-state index < -0.39 is 0 Å². The Labute approximate surface area is 152 Å². The van der Waals surface area contributed by atoms with Crippen molar-refractivity contribution in [3.63, 3.8) is 0 Å². The lowest BCUT2D eigenvalue weighted by Gasteiger charge is -2.36. The molecule has 0 radical (unpaired) electrons. The number of fused-ring (bicyclic) bond motifs is 1. The van der Waals surface area contributed by atoms with Crippen LogP contribution in [0, 0.1) is 5.92 Å². The van der Waals surface area contributed by atoms with Gasteiger partial charge < -0.3 is 5.32 Å². The minimum Gasteiger partial charge on any atom is -0.314 e. The summed E-state index contributed by atoms with van der Waals surface area (Å²) in [4.78, 5) is 2.65. The molecule has 1 atom stereocenters. The molecule has 1 saturated heterocycles. The van der Waals surface area contributed by atoms with Crippen LogP contribution in [-0.2, 0) is 0 Å². The van der Waals surface area contributed by atoms with E-state index in [0.29, 0.717) is 6.04 Å². The van der Waals surface area contributed by atoms with Crippen molar-refractivity contribution >= 4 is 35.6 Å². The standard InChI is InChI=1S/C19H26N2.2ClH/c1-15(2)13-19(21-11-9-20-10-12-21)18-8-7-16-5-3-4-6-17(16)14-18;;/h3-8,14-15,19-20H,9-13H2,1-2H3;2*1H/t19-;;/m0../s1. The van der Waals surface area contributed by atoms with Crippen molar-refractivity contribution in [2.45, 2.75) is 26.3 Å². The van der Waals surface area contributed by atoms with Crippen molar-refractivity contribution in [1.82, 2.24) is 10.2 Å². The molecule has 0 amide bonds. The molecule has 0 aliphatic carbocycles. The zero-order chi connectivity index (χ0) is 14.7. The monoisotopic (exact) mass is 354 g/mol. The molecule has 0 aromatic heterocycles. The molecular formula is C19H28Cl2N2.